The fourth-order valence-electron chi connectivity index (χ4n) is 2.12. The zero-order valence-electron chi connectivity index (χ0n) is 17.8. The molecule has 0 fully saturated rings. The van der Waals surface area contributed by atoms with E-state index in [0.717, 1.165) is 0 Å². The molecule has 1 aromatic rings. The van der Waals surface area contributed by atoms with Crippen molar-refractivity contribution in [1.29, 1.82) is 0 Å². The van der Waals surface area contributed by atoms with Gasteiger partial charge >= 0.3 is 26.7 Å². The molecule has 0 atom stereocenters. The van der Waals surface area contributed by atoms with Gasteiger partial charge in [0.05, 0.1) is 25.0 Å². The van der Waals surface area contributed by atoms with Crippen molar-refractivity contribution < 1.29 is 41.9 Å². The Bertz CT molecular complexity index is 754. The predicted octanol–water partition coefficient (Wildman–Crippen LogP) is 2.11. The lowest BCUT2D eigenvalue weighted by Crippen LogP contribution is -2.60. The average molecular weight is 451 g/mol. The topological polar surface area (TPSA) is 107 Å². The van der Waals surface area contributed by atoms with Crippen LogP contribution in [-0.2, 0) is 41.9 Å². The van der Waals surface area contributed by atoms with Gasteiger partial charge in [0.25, 0.3) is 0 Å². The van der Waals surface area contributed by atoms with Crippen LogP contribution < -0.4 is 5.19 Å². The highest BCUT2D eigenvalue weighted by molar-refractivity contribution is 6.79. The highest BCUT2D eigenvalue weighted by Crippen LogP contribution is 2.18. The Kier molecular flexibility index (Phi) is 10.1. The Balaban J connectivity index is 3.47. The van der Waals surface area contributed by atoms with Gasteiger partial charge in [-0.3, -0.25) is 0 Å². The third kappa shape index (κ3) is 7.34. The molecule has 0 aromatic heterocycles. The van der Waals surface area contributed by atoms with Gasteiger partial charge in [0.2, 0.25) is 0 Å². The van der Waals surface area contributed by atoms with Gasteiger partial charge in [0.1, 0.15) is 0 Å². The van der Waals surface area contributed by atoms with Gasteiger partial charge in [-0.2, -0.15) is 0 Å². The van der Waals surface area contributed by atoms with E-state index in [1.807, 2.05) is 0 Å². The minimum atomic E-state index is -4.61. The molecule has 0 aliphatic rings. The van der Waals surface area contributed by atoms with Crippen molar-refractivity contribution in [2.24, 2.45) is 0 Å². The molecule has 0 N–H and O–H groups in total. The second-order valence-electron chi connectivity index (χ2n) is 5.66. The summed E-state index contributed by atoms with van der Waals surface area (Å²) >= 11 is 0. The number of hydrogen-bond donors (Lipinski definition) is 0. The first-order chi connectivity index (χ1) is 14.7. The van der Waals surface area contributed by atoms with E-state index in [-0.39, 0.29) is 42.3 Å². The highest BCUT2D eigenvalue weighted by Gasteiger charge is 2.57. The Labute approximate surface area is 182 Å². The molecular formula is C21H26O9Si. The van der Waals surface area contributed by atoms with Gasteiger partial charge < -0.3 is 27.5 Å². The van der Waals surface area contributed by atoms with E-state index in [2.05, 4.69) is 19.7 Å². The van der Waals surface area contributed by atoms with Crippen molar-refractivity contribution >= 4 is 31.9 Å². The van der Waals surface area contributed by atoms with Crippen molar-refractivity contribution in [3.63, 3.8) is 0 Å². The molecule has 0 amide bonds. The summed E-state index contributed by atoms with van der Waals surface area (Å²) < 4.78 is 31.5. The molecule has 10 heteroatoms. The lowest BCUT2D eigenvalue weighted by molar-refractivity contribution is -0.149. The number of ether oxygens (including phenoxy) is 3. The Hall–Kier alpha value is -3.53. The monoisotopic (exact) mass is 450 g/mol. The van der Waals surface area contributed by atoms with Crippen LogP contribution in [0.2, 0.25) is 0 Å². The molecule has 0 heterocycles. The van der Waals surface area contributed by atoms with Crippen molar-refractivity contribution in [2.45, 2.75) is 20.8 Å². The van der Waals surface area contributed by atoms with Crippen LogP contribution in [0, 0.1) is 0 Å². The number of rotatable bonds is 13. The highest BCUT2D eigenvalue weighted by atomic mass is 28.4. The van der Waals surface area contributed by atoms with Gasteiger partial charge in [-0.25, -0.2) is 14.4 Å². The quantitative estimate of drug-likeness (QED) is 0.254. The maximum absolute atomic E-state index is 12.6. The normalized spacial score (nSPS) is 10.3. The predicted molar refractivity (Wildman–Crippen MR) is 112 cm³/mol. The third-order valence-corrected chi connectivity index (χ3v) is 5.85. The van der Waals surface area contributed by atoms with Crippen molar-refractivity contribution in [3.8, 4) is 0 Å². The van der Waals surface area contributed by atoms with Crippen LogP contribution in [0.1, 0.15) is 20.8 Å². The van der Waals surface area contributed by atoms with E-state index in [9.17, 15) is 14.4 Å². The first-order valence-electron chi connectivity index (χ1n) is 9.41. The zero-order chi connectivity index (χ0) is 23.4. The summed E-state index contributed by atoms with van der Waals surface area (Å²) in [5, 5.41) is 0.128. The Morgan fingerprint density at radius 3 is 1.29 bits per heavy atom. The first kappa shape index (κ1) is 25.5. The fraction of sp³-hybridized carbons (Fsp3) is 0.286. The summed E-state index contributed by atoms with van der Waals surface area (Å²) in [5.41, 5.74) is 0. The Morgan fingerprint density at radius 1 is 0.677 bits per heavy atom. The molecular weight excluding hydrogens is 424 g/mol. The molecule has 0 aliphatic carbocycles. The first-order valence-corrected chi connectivity index (χ1v) is 11.1. The summed E-state index contributed by atoms with van der Waals surface area (Å²) in [6.45, 7) is 15.7. The van der Waals surface area contributed by atoms with E-state index < -0.39 is 26.7 Å². The van der Waals surface area contributed by atoms with Crippen molar-refractivity contribution in [2.75, 3.05) is 19.8 Å². The maximum atomic E-state index is 12.6. The number of hydrogen-bond acceptors (Lipinski definition) is 9. The summed E-state index contributed by atoms with van der Waals surface area (Å²) in [4.78, 5) is 37.7. The van der Waals surface area contributed by atoms with Crippen molar-refractivity contribution in [3.05, 3.63) is 67.3 Å². The van der Waals surface area contributed by atoms with Gasteiger partial charge in [-0.05, 0) is 40.5 Å². The SMILES string of the molecule is C=C(OCC)C(=O)O[Si](OC(=O)C(=C)OCC)(OC(=O)C(=C)OCC)c1ccccc1. The van der Waals surface area contributed by atoms with Crippen LogP contribution in [0.4, 0.5) is 0 Å². The number of carbonyl (C=O) groups is 3. The van der Waals surface area contributed by atoms with Crippen LogP contribution in [0.5, 0.6) is 0 Å². The van der Waals surface area contributed by atoms with E-state index >= 15 is 0 Å². The third-order valence-electron chi connectivity index (χ3n) is 3.45. The van der Waals surface area contributed by atoms with Crippen LogP contribution in [0.25, 0.3) is 0 Å². The lowest BCUT2D eigenvalue weighted by Gasteiger charge is -2.28. The number of benzene rings is 1. The van der Waals surface area contributed by atoms with E-state index in [1.165, 1.54) is 12.1 Å². The Morgan fingerprint density at radius 2 is 1.00 bits per heavy atom. The molecule has 0 unspecified atom stereocenters. The van der Waals surface area contributed by atoms with Crippen molar-refractivity contribution in [1.82, 2.24) is 0 Å². The molecule has 0 radical (unpaired) electrons. The molecule has 168 valence electrons. The average Bonchev–Trinajstić information content (AvgIpc) is 2.74. The molecule has 0 spiro atoms. The number of carbonyl (C=O) groups excluding carboxylic acids is 3. The van der Waals surface area contributed by atoms with E-state index in [0.29, 0.717) is 0 Å². The van der Waals surface area contributed by atoms with Gasteiger partial charge in [0.15, 0.2) is 17.3 Å². The largest absolute Gasteiger partial charge is 0.743 e. The summed E-state index contributed by atoms with van der Waals surface area (Å²) in [6, 6.07) is 7.77. The minimum absolute atomic E-state index is 0.128. The fourth-order valence-corrected chi connectivity index (χ4v) is 4.27. The van der Waals surface area contributed by atoms with Crippen LogP contribution in [0.15, 0.2) is 67.3 Å². The second kappa shape index (κ2) is 12.2. The molecule has 9 nitrogen and oxygen atoms in total. The maximum Gasteiger partial charge on any atom is 0.743 e. The van der Waals surface area contributed by atoms with Gasteiger partial charge in [0, 0.05) is 0 Å². The van der Waals surface area contributed by atoms with Gasteiger partial charge in [-0.15, -0.1) is 0 Å². The lowest BCUT2D eigenvalue weighted by atomic mass is 10.4. The van der Waals surface area contributed by atoms with Crippen LogP contribution in [0.3, 0.4) is 0 Å². The molecule has 0 aliphatic heterocycles. The molecule has 0 saturated heterocycles. The molecule has 0 bridgehead atoms. The molecule has 1 rings (SSSR count). The van der Waals surface area contributed by atoms with E-state index in [4.69, 9.17) is 27.5 Å². The molecule has 31 heavy (non-hydrogen) atoms. The molecule has 1 aromatic carbocycles. The van der Waals surface area contributed by atoms with Gasteiger partial charge in [-0.1, -0.05) is 30.3 Å². The van der Waals surface area contributed by atoms with Crippen LogP contribution in [-0.4, -0.2) is 46.5 Å². The second-order valence-corrected chi connectivity index (χ2v) is 7.96. The summed E-state index contributed by atoms with van der Waals surface area (Å²) in [7, 11) is -4.61. The zero-order valence-corrected chi connectivity index (χ0v) is 18.8. The summed E-state index contributed by atoms with van der Waals surface area (Å²) in [6.07, 6.45) is 0. The van der Waals surface area contributed by atoms with E-state index in [1.54, 1.807) is 39.0 Å². The smallest absolute Gasteiger partial charge is 0.487 e. The van der Waals surface area contributed by atoms with Crippen LogP contribution >= 0.6 is 0 Å². The molecule has 0 saturated carbocycles. The summed E-state index contributed by atoms with van der Waals surface area (Å²) in [5.74, 6) is -4.34. The standard InChI is InChI=1S/C21H26O9Si/c1-7-25-15(4)19(22)28-31(18-13-11-10-12-14-18,29-20(23)16(5)26-8-2)30-21(24)17(6)27-9-3/h10-14H,4-9H2,1-3H3. The minimum Gasteiger partial charge on any atom is -0.487 e.